The van der Waals surface area contributed by atoms with E-state index in [1.165, 1.54) is 0 Å². The van der Waals surface area contributed by atoms with Gasteiger partial charge in [0.15, 0.2) is 5.96 Å². The average Bonchev–Trinajstić information content (AvgIpc) is 2.86. The van der Waals surface area contributed by atoms with Crippen molar-refractivity contribution in [3.05, 3.63) is 0 Å². The summed E-state index contributed by atoms with van der Waals surface area (Å²) in [5.41, 5.74) is 10.6. The van der Waals surface area contributed by atoms with Crippen LogP contribution in [-0.4, -0.2) is 126 Å². The number of nitrogens with one attached hydrogen (secondary N) is 1. The molecular weight excluding hydrogens is 568 g/mol. The molecule has 23 nitrogen and oxygen atoms in total. The highest BCUT2D eigenvalue weighted by Gasteiger charge is 2.23. The summed E-state index contributed by atoms with van der Waals surface area (Å²) in [6.07, 6.45) is -0.907. The van der Waals surface area contributed by atoms with Gasteiger partial charge in [0.2, 0.25) is 5.91 Å². The standard InChI is InChI=1S/C18H40N8O15/c19-18(20)21-9-4-7-15(22-16(27)8-3-6-14(41-26(35)36)12-39-24(31)32)17(28)37-10-2-1-5-13(40-25(33)34)11-38-23(29)30/h13-15,29-36H,1-12H2,(H,22,27)(H4,19,20,21). The summed E-state index contributed by atoms with van der Waals surface area (Å²) in [4.78, 5) is 46.8. The fraction of sp³-hybridized carbons (Fsp3) is 0.833. The lowest BCUT2D eigenvalue weighted by Gasteiger charge is -2.20. The molecule has 23 heteroatoms. The number of carbonyl (C=O) groups is 2. The molecule has 0 fully saturated rings. The lowest BCUT2D eigenvalue weighted by Crippen LogP contribution is -2.42. The first-order valence-corrected chi connectivity index (χ1v) is 12.1. The summed E-state index contributed by atoms with van der Waals surface area (Å²) in [6.45, 7) is -0.855. The molecule has 3 unspecified atom stereocenters. The number of unbranched alkanes of at least 4 members (excludes halogenated alkanes) is 1. The predicted molar refractivity (Wildman–Crippen MR) is 124 cm³/mol. The Morgan fingerprint density at radius 2 is 1.27 bits per heavy atom. The van der Waals surface area contributed by atoms with Gasteiger partial charge in [-0.3, -0.25) is 51.4 Å². The van der Waals surface area contributed by atoms with Crippen LogP contribution in [0.1, 0.15) is 51.4 Å². The molecule has 0 aromatic carbocycles. The summed E-state index contributed by atoms with van der Waals surface area (Å²) >= 11 is 0. The Kier molecular flexibility index (Phi) is 21.8. The van der Waals surface area contributed by atoms with E-state index in [4.69, 9.17) is 57.9 Å². The molecule has 0 rings (SSSR count). The van der Waals surface area contributed by atoms with Gasteiger partial charge in [0, 0.05) is 13.0 Å². The van der Waals surface area contributed by atoms with Gasteiger partial charge in [0.1, 0.15) is 31.5 Å². The van der Waals surface area contributed by atoms with E-state index < -0.39 is 64.9 Å². The second-order valence-electron chi connectivity index (χ2n) is 8.18. The zero-order valence-corrected chi connectivity index (χ0v) is 22.0. The van der Waals surface area contributed by atoms with Crippen molar-refractivity contribution in [1.29, 1.82) is 0 Å². The zero-order chi connectivity index (χ0) is 31.2. The quantitative estimate of drug-likeness (QED) is 0.0179. The SMILES string of the molecule is NC(N)=NCCCC(NC(=O)CCCC(CON(O)O)ON(O)O)C(=O)OCCCCC(CON(O)O)ON(O)O. The number of nitrogens with two attached hydrogens (primary N) is 2. The number of hydrogen-bond acceptors (Lipinski definition) is 20. The van der Waals surface area contributed by atoms with Crippen LogP contribution in [0, 0.1) is 0 Å². The molecule has 0 radical (unpaired) electrons. The molecule has 0 aliphatic rings. The third-order valence-corrected chi connectivity index (χ3v) is 4.90. The maximum absolute atomic E-state index is 12.6. The van der Waals surface area contributed by atoms with E-state index in [9.17, 15) is 9.59 Å². The Labute approximate surface area is 233 Å². The first kappa shape index (κ1) is 38.6. The van der Waals surface area contributed by atoms with E-state index in [0.717, 1.165) is 0 Å². The third-order valence-electron chi connectivity index (χ3n) is 4.90. The molecule has 13 N–H and O–H groups in total. The highest BCUT2D eigenvalue weighted by molar-refractivity contribution is 5.84. The number of amides is 1. The van der Waals surface area contributed by atoms with Gasteiger partial charge in [0.05, 0.1) is 28.2 Å². The molecule has 0 spiro atoms. The van der Waals surface area contributed by atoms with Crippen LogP contribution in [0.15, 0.2) is 4.99 Å². The number of guanidine groups is 1. The first-order valence-electron chi connectivity index (χ1n) is 12.1. The van der Waals surface area contributed by atoms with Gasteiger partial charge < -0.3 is 21.5 Å². The molecule has 0 saturated heterocycles. The van der Waals surface area contributed by atoms with E-state index in [1.807, 2.05) is 0 Å². The molecule has 0 aromatic rings. The number of esters is 1. The second kappa shape index (κ2) is 23.2. The van der Waals surface area contributed by atoms with Crippen LogP contribution in [-0.2, 0) is 33.7 Å². The lowest BCUT2D eigenvalue weighted by molar-refractivity contribution is -0.527. The Bertz CT molecular complexity index is 730. The van der Waals surface area contributed by atoms with Gasteiger partial charge in [-0.2, -0.15) is 0 Å². The minimum atomic E-state index is -1.08. The Morgan fingerprint density at radius 3 is 1.76 bits per heavy atom. The number of hydrogen-bond donors (Lipinski definition) is 11. The fourth-order valence-electron chi connectivity index (χ4n) is 3.16. The van der Waals surface area contributed by atoms with Crippen molar-refractivity contribution in [1.82, 2.24) is 26.9 Å². The van der Waals surface area contributed by atoms with E-state index in [0.29, 0.717) is 12.8 Å². The molecule has 41 heavy (non-hydrogen) atoms. The minimum absolute atomic E-state index is 0.00714. The summed E-state index contributed by atoms with van der Waals surface area (Å²) in [5.74, 6) is -1.44. The van der Waals surface area contributed by atoms with Gasteiger partial charge in [-0.05, 0) is 44.9 Å². The highest BCUT2D eigenvalue weighted by Crippen LogP contribution is 2.10. The topological polar surface area (TPSA) is 332 Å². The minimum Gasteiger partial charge on any atom is -0.464 e. The number of rotatable bonds is 25. The summed E-state index contributed by atoms with van der Waals surface area (Å²) in [5, 5.41) is 69.7. The van der Waals surface area contributed by atoms with Crippen LogP contribution < -0.4 is 16.8 Å². The van der Waals surface area contributed by atoms with Gasteiger partial charge in [-0.25, -0.2) is 24.1 Å². The number of carbonyl (C=O) groups excluding carboxylic acids is 2. The molecular formula is C18H40N8O15. The maximum Gasteiger partial charge on any atom is 0.328 e. The zero-order valence-electron chi connectivity index (χ0n) is 22.0. The van der Waals surface area contributed by atoms with E-state index in [2.05, 4.69) is 29.7 Å². The molecule has 0 saturated carbocycles. The normalized spacial score (nSPS) is 14.0. The first-order chi connectivity index (χ1) is 19.3. The predicted octanol–water partition coefficient (Wildman–Crippen LogP) is -1.81. The van der Waals surface area contributed by atoms with Crippen LogP contribution >= 0.6 is 0 Å². The van der Waals surface area contributed by atoms with Gasteiger partial charge in [-0.15, -0.1) is 0 Å². The van der Waals surface area contributed by atoms with Crippen molar-refractivity contribution in [2.24, 2.45) is 16.5 Å². The molecule has 0 bridgehead atoms. The lowest BCUT2D eigenvalue weighted by atomic mass is 10.1. The van der Waals surface area contributed by atoms with E-state index >= 15 is 0 Å². The second-order valence-corrected chi connectivity index (χ2v) is 8.18. The number of nitrogens with zero attached hydrogens (tertiary/aromatic N) is 5. The molecule has 0 heterocycles. The van der Waals surface area contributed by atoms with Crippen molar-refractivity contribution < 1.29 is 75.3 Å². The smallest absolute Gasteiger partial charge is 0.328 e. The molecule has 1 amide bonds. The largest absolute Gasteiger partial charge is 0.464 e. The summed E-state index contributed by atoms with van der Waals surface area (Å²) < 4.78 is 5.23. The number of ether oxygens (including phenoxy) is 1. The van der Waals surface area contributed by atoms with E-state index in [1.54, 1.807) is 0 Å². The van der Waals surface area contributed by atoms with Crippen LogP contribution in [0.5, 0.6) is 0 Å². The Balaban J connectivity index is 4.80. The molecule has 0 aromatic heterocycles. The Hall–Kier alpha value is -2.43. The van der Waals surface area contributed by atoms with Gasteiger partial charge in [0.25, 0.3) is 0 Å². The maximum atomic E-state index is 12.6. The number of aliphatic imine (C=N–C) groups is 1. The highest BCUT2D eigenvalue weighted by atomic mass is 17.1. The monoisotopic (exact) mass is 608 g/mol. The molecule has 242 valence electrons. The van der Waals surface area contributed by atoms with Gasteiger partial charge >= 0.3 is 5.97 Å². The van der Waals surface area contributed by atoms with Crippen molar-refractivity contribution in [3.8, 4) is 0 Å². The van der Waals surface area contributed by atoms with Crippen LogP contribution in [0.4, 0.5) is 0 Å². The summed E-state index contributed by atoms with van der Waals surface area (Å²) in [6, 6.07) is -1.06. The van der Waals surface area contributed by atoms with Crippen LogP contribution in [0.2, 0.25) is 0 Å². The average molecular weight is 609 g/mol. The summed E-state index contributed by atoms with van der Waals surface area (Å²) in [7, 11) is 0. The van der Waals surface area contributed by atoms with Crippen molar-refractivity contribution in [2.75, 3.05) is 26.4 Å². The van der Waals surface area contributed by atoms with Gasteiger partial charge in [-0.1, -0.05) is 0 Å². The molecule has 0 aliphatic carbocycles. The van der Waals surface area contributed by atoms with Crippen molar-refractivity contribution >= 4 is 17.8 Å². The third kappa shape index (κ3) is 23.9. The molecule has 3 atom stereocenters. The molecule has 0 aliphatic heterocycles. The van der Waals surface area contributed by atoms with Crippen molar-refractivity contribution in [2.45, 2.75) is 69.6 Å². The van der Waals surface area contributed by atoms with Crippen molar-refractivity contribution in [3.63, 3.8) is 0 Å². The van der Waals surface area contributed by atoms with E-state index in [-0.39, 0.29) is 57.6 Å². The van der Waals surface area contributed by atoms with Crippen LogP contribution in [0.3, 0.4) is 0 Å². The van der Waals surface area contributed by atoms with Crippen LogP contribution in [0.25, 0.3) is 0 Å². The fourth-order valence-corrected chi connectivity index (χ4v) is 3.16. The Morgan fingerprint density at radius 1 is 0.732 bits per heavy atom.